The number of likely N-dealkylation sites (tertiary alicyclic amines) is 1. The van der Waals surface area contributed by atoms with Crippen LogP contribution >= 0.6 is 0 Å². The molecule has 4 heterocycles. The number of amides is 1. The Balaban J connectivity index is 1.22. The van der Waals surface area contributed by atoms with E-state index in [0.29, 0.717) is 6.42 Å². The summed E-state index contributed by atoms with van der Waals surface area (Å²) in [4.78, 5) is 23.7. The van der Waals surface area contributed by atoms with Gasteiger partial charge in [-0.3, -0.25) is 9.69 Å². The lowest BCUT2D eigenvalue weighted by Crippen LogP contribution is -2.51. The fraction of sp³-hybridized carbons (Fsp3) is 0.714. The third kappa shape index (κ3) is 4.64. The third-order valence-corrected chi connectivity index (χ3v) is 6.25. The third-order valence-electron chi connectivity index (χ3n) is 6.25. The Bertz CT molecular complexity index is 630. The van der Waals surface area contributed by atoms with Crippen molar-refractivity contribution >= 4 is 11.7 Å². The summed E-state index contributed by atoms with van der Waals surface area (Å²) in [6, 6.07) is 6.04. The SMILES string of the molecule is O=C(C1OC(CCN2CCN(c3ccccn3)CC2)CCC1O)N1CCCC1. The van der Waals surface area contributed by atoms with Crippen LogP contribution in [-0.4, -0.2) is 89.9 Å². The quantitative estimate of drug-likeness (QED) is 0.815. The van der Waals surface area contributed by atoms with Crippen molar-refractivity contribution in [2.75, 3.05) is 50.7 Å². The fourth-order valence-electron chi connectivity index (χ4n) is 4.49. The van der Waals surface area contributed by atoms with Crippen LogP contribution in [0.1, 0.15) is 32.1 Å². The second-order valence-corrected chi connectivity index (χ2v) is 8.16. The molecule has 28 heavy (non-hydrogen) atoms. The highest BCUT2D eigenvalue weighted by atomic mass is 16.5. The van der Waals surface area contributed by atoms with E-state index in [9.17, 15) is 9.90 Å². The first-order chi connectivity index (χ1) is 13.7. The number of aromatic nitrogens is 1. The monoisotopic (exact) mass is 388 g/mol. The molecule has 7 nitrogen and oxygen atoms in total. The van der Waals surface area contributed by atoms with E-state index in [2.05, 4.69) is 20.9 Å². The van der Waals surface area contributed by atoms with E-state index in [1.807, 2.05) is 23.2 Å². The molecule has 1 N–H and O–H groups in total. The van der Waals surface area contributed by atoms with Gasteiger partial charge in [0.15, 0.2) is 6.10 Å². The number of aliphatic hydroxyl groups is 1. The highest BCUT2D eigenvalue weighted by molar-refractivity contribution is 5.82. The molecule has 1 aromatic rings. The molecule has 0 spiro atoms. The van der Waals surface area contributed by atoms with Crippen LogP contribution in [0, 0.1) is 0 Å². The predicted octanol–water partition coefficient (Wildman–Crippen LogP) is 1.12. The molecular formula is C21H32N4O3. The van der Waals surface area contributed by atoms with E-state index in [4.69, 9.17) is 4.74 Å². The molecule has 3 aliphatic rings. The number of hydrogen-bond acceptors (Lipinski definition) is 6. The van der Waals surface area contributed by atoms with Gasteiger partial charge in [0.1, 0.15) is 5.82 Å². The molecule has 0 aromatic carbocycles. The summed E-state index contributed by atoms with van der Waals surface area (Å²) >= 11 is 0. The summed E-state index contributed by atoms with van der Waals surface area (Å²) in [6.45, 7) is 6.58. The van der Waals surface area contributed by atoms with E-state index in [0.717, 1.165) is 77.3 Å². The zero-order chi connectivity index (χ0) is 19.3. The van der Waals surface area contributed by atoms with E-state index < -0.39 is 12.2 Å². The smallest absolute Gasteiger partial charge is 0.254 e. The number of aliphatic hydroxyl groups excluding tert-OH is 1. The normalized spacial score (nSPS) is 29.2. The van der Waals surface area contributed by atoms with Crippen molar-refractivity contribution in [3.05, 3.63) is 24.4 Å². The molecule has 3 fully saturated rings. The van der Waals surface area contributed by atoms with Crippen LogP contribution in [-0.2, 0) is 9.53 Å². The number of piperazine rings is 1. The van der Waals surface area contributed by atoms with Gasteiger partial charge in [-0.1, -0.05) is 6.07 Å². The van der Waals surface area contributed by atoms with E-state index in [-0.39, 0.29) is 12.0 Å². The summed E-state index contributed by atoms with van der Waals surface area (Å²) in [7, 11) is 0. The predicted molar refractivity (Wildman–Crippen MR) is 107 cm³/mol. The van der Waals surface area contributed by atoms with Crippen LogP contribution < -0.4 is 4.90 Å². The molecule has 4 rings (SSSR count). The summed E-state index contributed by atoms with van der Waals surface area (Å²) < 4.78 is 6.07. The maximum atomic E-state index is 12.7. The van der Waals surface area contributed by atoms with Crippen molar-refractivity contribution in [1.29, 1.82) is 0 Å². The molecule has 0 radical (unpaired) electrons. The Labute approximate surface area is 167 Å². The van der Waals surface area contributed by atoms with Crippen molar-refractivity contribution in [1.82, 2.24) is 14.8 Å². The van der Waals surface area contributed by atoms with Gasteiger partial charge in [0.25, 0.3) is 5.91 Å². The Morgan fingerprint density at radius 2 is 1.89 bits per heavy atom. The van der Waals surface area contributed by atoms with Crippen LogP contribution in [0.4, 0.5) is 5.82 Å². The number of rotatable bonds is 5. The molecule has 1 aromatic heterocycles. The molecule has 7 heteroatoms. The number of carbonyl (C=O) groups is 1. The molecule has 0 aliphatic carbocycles. The minimum absolute atomic E-state index is 0.0151. The number of hydrogen-bond donors (Lipinski definition) is 1. The maximum absolute atomic E-state index is 12.7. The lowest BCUT2D eigenvalue weighted by atomic mass is 9.98. The van der Waals surface area contributed by atoms with Crippen molar-refractivity contribution in [3.63, 3.8) is 0 Å². The number of carbonyl (C=O) groups excluding carboxylic acids is 1. The second-order valence-electron chi connectivity index (χ2n) is 8.16. The summed E-state index contributed by atoms with van der Waals surface area (Å²) in [5.74, 6) is 1.04. The van der Waals surface area contributed by atoms with Crippen LogP contribution in [0.15, 0.2) is 24.4 Å². The van der Waals surface area contributed by atoms with Crippen LogP contribution in [0.3, 0.4) is 0 Å². The average Bonchev–Trinajstić information content (AvgIpc) is 3.29. The first kappa shape index (κ1) is 19.6. The standard InChI is InChI=1S/C21H32N4O3/c26-18-7-6-17(28-20(18)21(27)25-10-3-4-11-25)8-12-23-13-15-24(16-14-23)19-5-1-2-9-22-19/h1-2,5,9,17-18,20,26H,3-4,6-8,10-16H2. The zero-order valence-corrected chi connectivity index (χ0v) is 16.6. The first-order valence-corrected chi connectivity index (χ1v) is 10.7. The number of ether oxygens (including phenoxy) is 1. The first-order valence-electron chi connectivity index (χ1n) is 10.7. The van der Waals surface area contributed by atoms with Crippen LogP contribution in [0.25, 0.3) is 0 Å². The van der Waals surface area contributed by atoms with Crippen LogP contribution in [0.2, 0.25) is 0 Å². The van der Waals surface area contributed by atoms with Crippen molar-refractivity contribution < 1.29 is 14.6 Å². The van der Waals surface area contributed by atoms with Crippen molar-refractivity contribution in [2.24, 2.45) is 0 Å². The average molecular weight is 389 g/mol. The second kappa shape index (κ2) is 9.20. The highest BCUT2D eigenvalue weighted by Crippen LogP contribution is 2.25. The Morgan fingerprint density at radius 1 is 1.11 bits per heavy atom. The van der Waals surface area contributed by atoms with Gasteiger partial charge in [0.05, 0.1) is 12.2 Å². The minimum Gasteiger partial charge on any atom is -0.390 e. The zero-order valence-electron chi connectivity index (χ0n) is 16.6. The molecular weight excluding hydrogens is 356 g/mol. The van der Waals surface area contributed by atoms with Crippen molar-refractivity contribution in [3.8, 4) is 0 Å². The maximum Gasteiger partial charge on any atom is 0.254 e. The lowest BCUT2D eigenvalue weighted by Gasteiger charge is -2.38. The van der Waals surface area contributed by atoms with Gasteiger partial charge in [-0.25, -0.2) is 4.98 Å². The molecule has 154 valence electrons. The molecule has 0 saturated carbocycles. The number of nitrogens with zero attached hydrogens (tertiary/aromatic N) is 4. The molecule has 3 atom stereocenters. The minimum atomic E-state index is -0.669. The summed E-state index contributed by atoms with van der Waals surface area (Å²) in [5.41, 5.74) is 0. The molecule has 1 amide bonds. The van der Waals surface area contributed by atoms with Gasteiger partial charge in [0, 0.05) is 52.0 Å². The highest BCUT2D eigenvalue weighted by Gasteiger charge is 2.38. The summed E-state index contributed by atoms with van der Waals surface area (Å²) in [5, 5.41) is 10.3. The van der Waals surface area contributed by atoms with E-state index in [1.165, 1.54) is 0 Å². The van der Waals surface area contributed by atoms with Crippen molar-refractivity contribution in [2.45, 2.75) is 50.4 Å². The lowest BCUT2D eigenvalue weighted by molar-refractivity contribution is -0.167. The Hall–Kier alpha value is -1.70. The molecule has 3 aliphatic heterocycles. The van der Waals surface area contributed by atoms with E-state index >= 15 is 0 Å². The van der Waals surface area contributed by atoms with Gasteiger partial charge in [-0.05, 0) is 44.2 Å². The largest absolute Gasteiger partial charge is 0.390 e. The summed E-state index contributed by atoms with van der Waals surface area (Å²) in [6.07, 6.45) is 5.10. The van der Waals surface area contributed by atoms with Gasteiger partial charge >= 0.3 is 0 Å². The molecule has 0 bridgehead atoms. The van der Waals surface area contributed by atoms with Gasteiger partial charge in [0.2, 0.25) is 0 Å². The van der Waals surface area contributed by atoms with Gasteiger partial charge < -0.3 is 19.6 Å². The van der Waals surface area contributed by atoms with Crippen LogP contribution in [0.5, 0.6) is 0 Å². The Morgan fingerprint density at radius 3 is 2.61 bits per heavy atom. The number of pyridine rings is 1. The van der Waals surface area contributed by atoms with Gasteiger partial charge in [-0.15, -0.1) is 0 Å². The number of anilines is 1. The topological polar surface area (TPSA) is 69.1 Å². The fourth-order valence-corrected chi connectivity index (χ4v) is 4.49. The Kier molecular flexibility index (Phi) is 6.44. The van der Waals surface area contributed by atoms with E-state index in [1.54, 1.807) is 0 Å². The molecule has 3 unspecified atom stereocenters. The molecule has 3 saturated heterocycles. The van der Waals surface area contributed by atoms with Gasteiger partial charge in [-0.2, -0.15) is 0 Å².